The maximum Gasteiger partial charge on any atom is 0.274 e. The largest absolute Gasteiger partial charge is 0.497 e. The van der Waals surface area contributed by atoms with Gasteiger partial charge in [0.2, 0.25) is 0 Å². The van der Waals surface area contributed by atoms with Gasteiger partial charge in [-0.1, -0.05) is 35.0 Å². The van der Waals surface area contributed by atoms with Crippen LogP contribution in [0.3, 0.4) is 0 Å². The highest BCUT2D eigenvalue weighted by molar-refractivity contribution is 6.30. The highest BCUT2D eigenvalue weighted by atomic mass is 35.5. The Morgan fingerprint density at radius 3 is 2.80 bits per heavy atom. The zero-order valence-corrected chi connectivity index (χ0v) is 14.6. The van der Waals surface area contributed by atoms with Crippen LogP contribution in [-0.4, -0.2) is 28.0 Å². The second-order valence-corrected chi connectivity index (χ2v) is 5.89. The molecule has 0 saturated carbocycles. The van der Waals surface area contributed by atoms with Crippen molar-refractivity contribution in [2.45, 2.75) is 13.5 Å². The van der Waals surface area contributed by atoms with Crippen molar-refractivity contribution in [2.24, 2.45) is 0 Å². The molecule has 2 aromatic carbocycles. The van der Waals surface area contributed by atoms with Gasteiger partial charge >= 0.3 is 0 Å². The fourth-order valence-corrected chi connectivity index (χ4v) is 2.63. The van der Waals surface area contributed by atoms with Crippen molar-refractivity contribution in [3.05, 3.63) is 70.5 Å². The number of ether oxygens (including phenoxy) is 1. The van der Waals surface area contributed by atoms with Crippen LogP contribution in [0.1, 0.15) is 21.7 Å². The van der Waals surface area contributed by atoms with E-state index in [1.165, 1.54) is 0 Å². The molecule has 1 heterocycles. The van der Waals surface area contributed by atoms with Crippen molar-refractivity contribution >= 4 is 17.5 Å². The van der Waals surface area contributed by atoms with Crippen molar-refractivity contribution in [3.63, 3.8) is 0 Å². The van der Waals surface area contributed by atoms with Crippen LogP contribution in [0.4, 0.5) is 0 Å². The van der Waals surface area contributed by atoms with Crippen molar-refractivity contribution in [1.82, 2.24) is 20.3 Å². The Kier molecular flexibility index (Phi) is 5.00. The number of benzene rings is 2. The Bertz CT molecular complexity index is 908. The molecule has 0 aliphatic rings. The predicted molar refractivity (Wildman–Crippen MR) is 95.3 cm³/mol. The molecule has 128 valence electrons. The number of nitrogens with zero attached hydrogens (tertiary/aromatic N) is 3. The smallest absolute Gasteiger partial charge is 0.274 e. The predicted octanol–water partition coefficient (Wildman–Crippen LogP) is 3.17. The van der Waals surface area contributed by atoms with E-state index in [0.29, 0.717) is 17.3 Å². The third kappa shape index (κ3) is 3.80. The third-order valence-corrected chi connectivity index (χ3v) is 3.98. The molecule has 6 nitrogen and oxygen atoms in total. The van der Waals surface area contributed by atoms with Crippen LogP contribution in [0.15, 0.2) is 48.5 Å². The number of hydrogen-bond acceptors (Lipinski definition) is 4. The number of halogens is 1. The average Bonchev–Trinajstić information content (AvgIpc) is 3.01. The summed E-state index contributed by atoms with van der Waals surface area (Å²) in [4.78, 5) is 12.4. The lowest BCUT2D eigenvalue weighted by Gasteiger charge is -2.07. The number of hydrogen-bond donors (Lipinski definition) is 1. The zero-order valence-electron chi connectivity index (χ0n) is 13.9. The van der Waals surface area contributed by atoms with E-state index in [0.717, 1.165) is 17.0 Å². The first-order valence-corrected chi connectivity index (χ1v) is 8.05. The molecular weight excluding hydrogens is 340 g/mol. The van der Waals surface area contributed by atoms with Gasteiger partial charge in [-0.2, -0.15) is 0 Å². The van der Waals surface area contributed by atoms with Crippen molar-refractivity contribution < 1.29 is 9.53 Å². The molecule has 0 fully saturated rings. The van der Waals surface area contributed by atoms with E-state index in [9.17, 15) is 4.79 Å². The molecule has 0 atom stereocenters. The molecule has 1 amide bonds. The van der Waals surface area contributed by atoms with Crippen LogP contribution in [-0.2, 0) is 6.54 Å². The molecule has 3 aromatic rings. The van der Waals surface area contributed by atoms with E-state index >= 15 is 0 Å². The van der Waals surface area contributed by atoms with Crippen molar-refractivity contribution in [2.75, 3.05) is 7.11 Å². The molecule has 0 spiro atoms. The number of aromatic nitrogens is 3. The van der Waals surface area contributed by atoms with E-state index in [4.69, 9.17) is 16.3 Å². The summed E-state index contributed by atoms with van der Waals surface area (Å²) in [5.74, 6) is 0.462. The van der Waals surface area contributed by atoms with Gasteiger partial charge in [0.25, 0.3) is 5.91 Å². The Morgan fingerprint density at radius 1 is 1.24 bits per heavy atom. The van der Waals surface area contributed by atoms with E-state index in [1.54, 1.807) is 30.8 Å². The molecule has 25 heavy (non-hydrogen) atoms. The molecule has 7 heteroatoms. The third-order valence-electron chi connectivity index (χ3n) is 3.75. The fraction of sp³-hybridized carbons (Fsp3) is 0.167. The maximum atomic E-state index is 12.4. The van der Waals surface area contributed by atoms with Gasteiger partial charge in [-0.3, -0.25) is 4.79 Å². The van der Waals surface area contributed by atoms with Crippen LogP contribution in [0, 0.1) is 6.92 Å². The van der Waals surface area contributed by atoms with Gasteiger partial charge in [-0.05, 0) is 42.8 Å². The molecule has 0 saturated heterocycles. The lowest BCUT2D eigenvalue weighted by molar-refractivity contribution is 0.0945. The van der Waals surface area contributed by atoms with Gasteiger partial charge in [-0.25, -0.2) is 4.68 Å². The first-order valence-electron chi connectivity index (χ1n) is 7.68. The zero-order chi connectivity index (χ0) is 17.8. The molecule has 0 bridgehead atoms. The van der Waals surface area contributed by atoms with Gasteiger partial charge in [0.05, 0.1) is 18.5 Å². The molecule has 0 radical (unpaired) electrons. The Balaban J connectivity index is 1.74. The van der Waals surface area contributed by atoms with Gasteiger partial charge in [-0.15, -0.1) is 5.10 Å². The van der Waals surface area contributed by atoms with Crippen LogP contribution >= 0.6 is 11.6 Å². The number of carbonyl (C=O) groups excluding carboxylic acids is 1. The highest BCUT2D eigenvalue weighted by Crippen LogP contribution is 2.17. The Hall–Kier alpha value is -2.86. The summed E-state index contributed by atoms with van der Waals surface area (Å²) in [5, 5.41) is 11.5. The lowest BCUT2D eigenvalue weighted by Crippen LogP contribution is -2.24. The second-order valence-electron chi connectivity index (χ2n) is 5.45. The molecule has 0 unspecified atom stereocenters. The van der Waals surface area contributed by atoms with Crippen LogP contribution in [0.5, 0.6) is 5.75 Å². The van der Waals surface area contributed by atoms with E-state index < -0.39 is 0 Å². The molecule has 0 aliphatic heterocycles. The molecular formula is C18H17ClN4O2. The quantitative estimate of drug-likeness (QED) is 0.762. The summed E-state index contributed by atoms with van der Waals surface area (Å²) in [6, 6.07) is 14.7. The highest BCUT2D eigenvalue weighted by Gasteiger charge is 2.17. The molecule has 1 N–H and O–H groups in total. The number of nitrogens with one attached hydrogen (secondary N) is 1. The summed E-state index contributed by atoms with van der Waals surface area (Å²) >= 11 is 6.01. The topological polar surface area (TPSA) is 69.0 Å². The summed E-state index contributed by atoms with van der Waals surface area (Å²) in [6.45, 7) is 2.17. The van der Waals surface area contributed by atoms with Crippen molar-refractivity contribution in [3.8, 4) is 11.4 Å². The van der Waals surface area contributed by atoms with Crippen LogP contribution < -0.4 is 10.1 Å². The van der Waals surface area contributed by atoms with Gasteiger partial charge in [0.15, 0.2) is 5.69 Å². The minimum atomic E-state index is -0.284. The Morgan fingerprint density at radius 2 is 2.04 bits per heavy atom. The van der Waals surface area contributed by atoms with E-state index in [-0.39, 0.29) is 11.6 Å². The lowest BCUT2D eigenvalue weighted by atomic mass is 10.2. The van der Waals surface area contributed by atoms with E-state index in [1.807, 2.05) is 36.4 Å². The van der Waals surface area contributed by atoms with Crippen LogP contribution in [0.2, 0.25) is 5.02 Å². The Labute approximate surface area is 150 Å². The summed E-state index contributed by atoms with van der Waals surface area (Å²) in [7, 11) is 1.61. The summed E-state index contributed by atoms with van der Waals surface area (Å²) < 4.78 is 6.77. The normalized spacial score (nSPS) is 10.5. The second kappa shape index (κ2) is 7.36. The first-order chi connectivity index (χ1) is 12.1. The van der Waals surface area contributed by atoms with Crippen molar-refractivity contribution in [1.29, 1.82) is 0 Å². The van der Waals surface area contributed by atoms with Crippen LogP contribution in [0.25, 0.3) is 5.69 Å². The maximum absolute atomic E-state index is 12.4. The summed E-state index contributed by atoms with van der Waals surface area (Å²) in [6.07, 6.45) is 0. The first kappa shape index (κ1) is 17.0. The average molecular weight is 357 g/mol. The minimum Gasteiger partial charge on any atom is -0.497 e. The summed E-state index contributed by atoms with van der Waals surface area (Å²) in [5.41, 5.74) is 2.62. The molecule has 1 aromatic heterocycles. The fourth-order valence-electron chi connectivity index (χ4n) is 2.44. The van der Waals surface area contributed by atoms with E-state index in [2.05, 4.69) is 15.6 Å². The van der Waals surface area contributed by atoms with Gasteiger partial charge < -0.3 is 10.1 Å². The van der Waals surface area contributed by atoms with Gasteiger partial charge in [0.1, 0.15) is 5.75 Å². The SMILES string of the molecule is COc1cccc(CNC(=O)c2nnn(-c3cccc(Cl)c3)c2C)c1. The monoisotopic (exact) mass is 356 g/mol. The van der Waals surface area contributed by atoms with Gasteiger partial charge in [0, 0.05) is 11.6 Å². The molecule has 3 rings (SSSR count). The number of rotatable bonds is 5. The minimum absolute atomic E-state index is 0.280. The number of amides is 1. The number of methoxy groups -OCH3 is 1. The number of carbonyl (C=O) groups is 1. The molecule has 0 aliphatic carbocycles. The standard InChI is InChI=1S/C18H17ClN4O2/c1-12-17(21-22-23(12)15-7-4-6-14(19)10-15)18(24)20-11-13-5-3-8-16(9-13)25-2/h3-10H,11H2,1-2H3,(H,20,24).